The lowest BCUT2D eigenvalue weighted by atomic mass is 10.1. The molecule has 3 amide bonds. The number of aliphatic imine (C=N–C) groups is 1. The molecule has 2 rings (SSSR count). The molecule has 1 fully saturated rings. The first-order chi connectivity index (χ1) is 18.0. The molecule has 0 aromatic carbocycles. The second-order valence-corrected chi connectivity index (χ2v) is 8.92. The molecule has 1 aliphatic heterocycles. The van der Waals surface area contributed by atoms with Crippen LogP contribution in [0.25, 0.3) is 0 Å². The van der Waals surface area contributed by atoms with E-state index in [9.17, 15) is 29.1 Å². The van der Waals surface area contributed by atoms with Gasteiger partial charge in [0.05, 0.1) is 12.4 Å². The second kappa shape index (κ2) is 14.5. The molecule has 210 valence electrons. The number of H-pyrrole nitrogens is 1. The monoisotopic (exact) mass is 537 g/mol. The summed E-state index contributed by atoms with van der Waals surface area (Å²) in [7, 11) is 0. The Kier molecular flexibility index (Phi) is 11.5. The third-order valence-electron chi connectivity index (χ3n) is 6.00. The number of imidazole rings is 1. The summed E-state index contributed by atoms with van der Waals surface area (Å²) in [4.78, 5) is 73.5. The standard InChI is InChI=1S/C22H35N9O7/c23-13(5-6-17(32)33)18(34)30-15(9-12-10-26-11-28-12)20(36)31-8-2-4-16(31)19(35)29-14(21(37)38)3-1-7-27-22(24)25/h10-11,13-16H,1-9,23H2,(H,26,28)(H,29,35)(H,30,34)(H,32,33)(H,37,38)(H4,24,25,27). The molecule has 1 saturated heterocycles. The van der Waals surface area contributed by atoms with Crippen LogP contribution in [-0.2, 0) is 30.4 Å². The predicted molar refractivity (Wildman–Crippen MR) is 133 cm³/mol. The van der Waals surface area contributed by atoms with Gasteiger partial charge >= 0.3 is 11.9 Å². The molecule has 4 atom stereocenters. The molecule has 0 spiro atoms. The van der Waals surface area contributed by atoms with Crippen LogP contribution in [0.15, 0.2) is 17.5 Å². The van der Waals surface area contributed by atoms with Crippen LogP contribution in [0.4, 0.5) is 0 Å². The van der Waals surface area contributed by atoms with E-state index >= 15 is 0 Å². The summed E-state index contributed by atoms with van der Waals surface area (Å²) in [6.45, 7) is 0.416. The number of carboxylic acids is 2. The third-order valence-corrected chi connectivity index (χ3v) is 6.00. The fourth-order valence-electron chi connectivity index (χ4n) is 4.04. The molecule has 38 heavy (non-hydrogen) atoms. The van der Waals surface area contributed by atoms with E-state index in [-0.39, 0.29) is 44.7 Å². The fraction of sp³-hybridized carbons (Fsp3) is 0.591. The Bertz CT molecular complexity index is 1010. The number of nitrogens with zero attached hydrogens (tertiary/aromatic N) is 3. The van der Waals surface area contributed by atoms with Crippen molar-refractivity contribution in [2.24, 2.45) is 22.2 Å². The number of hydrogen-bond donors (Lipinski definition) is 8. The quantitative estimate of drug-likeness (QED) is 0.0644. The van der Waals surface area contributed by atoms with E-state index in [2.05, 4.69) is 25.6 Å². The van der Waals surface area contributed by atoms with E-state index in [1.807, 2.05) is 0 Å². The van der Waals surface area contributed by atoms with Crippen molar-refractivity contribution in [1.82, 2.24) is 25.5 Å². The van der Waals surface area contributed by atoms with Crippen LogP contribution in [-0.4, -0.2) is 98.0 Å². The van der Waals surface area contributed by atoms with Gasteiger partial charge in [0, 0.05) is 37.8 Å². The maximum Gasteiger partial charge on any atom is 0.326 e. The van der Waals surface area contributed by atoms with Gasteiger partial charge in [-0.2, -0.15) is 0 Å². The maximum absolute atomic E-state index is 13.5. The van der Waals surface area contributed by atoms with Gasteiger partial charge in [-0.15, -0.1) is 0 Å². The van der Waals surface area contributed by atoms with Crippen LogP contribution in [0.2, 0.25) is 0 Å². The van der Waals surface area contributed by atoms with Crippen LogP contribution in [0, 0.1) is 0 Å². The van der Waals surface area contributed by atoms with Crippen LogP contribution in [0.1, 0.15) is 44.2 Å². The summed E-state index contributed by atoms with van der Waals surface area (Å²) < 4.78 is 0. The zero-order valence-corrected chi connectivity index (χ0v) is 20.8. The first-order valence-electron chi connectivity index (χ1n) is 12.1. The average Bonchev–Trinajstić information content (AvgIpc) is 3.55. The number of carboxylic acid groups (broad SMARTS) is 2. The maximum atomic E-state index is 13.5. The number of aliphatic carboxylic acids is 2. The number of nitrogens with one attached hydrogen (secondary N) is 3. The van der Waals surface area contributed by atoms with E-state index in [0.717, 1.165) is 0 Å². The highest BCUT2D eigenvalue weighted by Gasteiger charge is 2.39. The number of guanidine groups is 1. The van der Waals surface area contributed by atoms with Crippen molar-refractivity contribution in [3.05, 3.63) is 18.2 Å². The molecule has 16 heteroatoms. The number of likely N-dealkylation sites (tertiary alicyclic amines) is 1. The largest absolute Gasteiger partial charge is 0.481 e. The van der Waals surface area contributed by atoms with Crippen molar-refractivity contribution in [3.8, 4) is 0 Å². The van der Waals surface area contributed by atoms with Gasteiger partial charge in [-0.1, -0.05) is 0 Å². The van der Waals surface area contributed by atoms with E-state index in [1.165, 1.54) is 17.4 Å². The smallest absolute Gasteiger partial charge is 0.326 e. The van der Waals surface area contributed by atoms with Crippen molar-refractivity contribution in [2.45, 2.75) is 69.1 Å². The summed E-state index contributed by atoms with van der Waals surface area (Å²) in [6, 6.07) is -4.43. The predicted octanol–water partition coefficient (Wildman–Crippen LogP) is -2.76. The molecule has 11 N–H and O–H groups in total. The van der Waals surface area contributed by atoms with Crippen LogP contribution >= 0.6 is 0 Å². The Labute approximate surface area is 218 Å². The summed E-state index contributed by atoms with van der Waals surface area (Å²) in [6.07, 6.45) is 3.64. The van der Waals surface area contributed by atoms with E-state index in [4.69, 9.17) is 22.3 Å². The minimum atomic E-state index is -1.24. The molecule has 0 saturated carbocycles. The second-order valence-electron chi connectivity index (χ2n) is 8.92. The molecule has 0 radical (unpaired) electrons. The fourth-order valence-corrected chi connectivity index (χ4v) is 4.04. The van der Waals surface area contributed by atoms with Crippen molar-refractivity contribution < 1.29 is 34.2 Å². The highest BCUT2D eigenvalue weighted by Crippen LogP contribution is 2.20. The third kappa shape index (κ3) is 9.34. The first kappa shape index (κ1) is 30.0. The minimum Gasteiger partial charge on any atom is -0.481 e. The Hall–Kier alpha value is -4.21. The summed E-state index contributed by atoms with van der Waals surface area (Å²) >= 11 is 0. The number of carbonyl (C=O) groups is 5. The number of carbonyl (C=O) groups excluding carboxylic acids is 3. The van der Waals surface area contributed by atoms with Gasteiger partial charge in [0.15, 0.2) is 5.96 Å². The SMILES string of the molecule is NC(N)=NCCCC(NC(=O)C1CCCN1C(=O)C(Cc1cnc[nH]1)NC(=O)C(N)CCC(=O)O)C(=O)O. The Morgan fingerprint density at radius 2 is 1.89 bits per heavy atom. The number of aromatic nitrogens is 2. The molecular weight excluding hydrogens is 502 g/mol. The van der Waals surface area contributed by atoms with Crippen LogP contribution < -0.4 is 27.8 Å². The number of amides is 3. The normalized spacial score (nSPS) is 17.2. The molecule has 0 aliphatic carbocycles. The van der Waals surface area contributed by atoms with Gasteiger partial charge in [-0.25, -0.2) is 9.78 Å². The minimum absolute atomic E-state index is 0.0175. The number of hydrogen-bond acceptors (Lipinski definition) is 8. The van der Waals surface area contributed by atoms with Crippen molar-refractivity contribution in [2.75, 3.05) is 13.1 Å². The summed E-state index contributed by atoms with van der Waals surface area (Å²) in [5.74, 6) is -4.37. The first-order valence-corrected chi connectivity index (χ1v) is 12.1. The molecule has 1 aromatic heterocycles. The van der Waals surface area contributed by atoms with Gasteiger partial charge in [0.1, 0.15) is 18.1 Å². The van der Waals surface area contributed by atoms with Crippen molar-refractivity contribution >= 4 is 35.6 Å². The lowest BCUT2D eigenvalue weighted by Gasteiger charge is -2.30. The Morgan fingerprint density at radius 1 is 1.16 bits per heavy atom. The molecule has 0 bridgehead atoms. The van der Waals surface area contributed by atoms with E-state index < -0.39 is 53.8 Å². The highest BCUT2D eigenvalue weighted by molar-refractivity contribution is 5.94. The Balaban J connectivity index is 2.11. The van der Waals surface area contributed by atoms with Gasteiger partial charge in [0.25, 0.3) is 0 Å². The van der Waals surface area contributed by atoms with E-state index in [0.29, 0.717) is 25.0 Å². The van der Waals surface area contributed by atoms with E-state index in [1.54, 1.807) is 0 Å². The lowest BCUT2D eigenvalue weighted by molar-refractivity contribution is -0.145. The molecule has 2 heterocycles. The average molecular weight is 538 g/mol. The zero-order valence-electron chi connectivity index (χ0n) is 20.8. The Morgan fingerprint density at radius 3 is 2.50 bits per heavy atom. The number of rotatable bonds is 15. The lowest BCUT2D eigenvalue weighted by Crippen LogP contribution is -2.57. The molecule has 1 aliphatic rings. The zero-order chi connectivity index (χ0) is 28.2. The van der Waals surface area contributed by atoms with Crippen LogP contribution in [0.3, 0.4) is 0 Å². The number of aromatic amines is 1. The topological polar surface area (TPSA) is 272 Å². The van der Waals surface area contributed by atoms with Crippen molar-refractivity contribution in [1.29, 1.82) is 0 Å². The van der Waals surface area contributed by atoms with Gasteiger partial charge in [0.2, 0.25) is 17.7 Å². The van der Waals surface area contributed by atoms with Crippen molar-refractivity contribution in [3.63, 3.8) is 0 Å². The molecular formula is C22H35N9O7. The van der Waals surface area contributed by atoms with Gasteiger partial charge in [-0.3, -0.25) is 24.2 Å². The number of nitrogens with two attached hydrogens (primary N) is 3. The van der Waals surface area contributed by atoms with Gasteiger partial charge in [-0.05, 0) is 32.1 Å². The van der Waals surface area contributed by atoms with Crippen LogP contribution in [0.5, 0.6) is 0 Å². The molecule has 4 unspecified atom stereocenters. The molecule has 1 aromatic rings. The highest BCUT2D eigenvalue weighted by atomic mass is 16.4. The summed E-state index contributed by atoms with van der Waals surface area (Å²) in [5.41, 5.74) is 16.9. The molecule has 16 nitrogen and oxygen atoms in total. The summed E-state index contributed by atoms with van der Waals surface area (Å²) in [5, 5.41) is 23.4. The van der Waals surface area contributed by atoms with Gasteiger partial charge < -0.3 is 47.9 Å².